The fraction of sp³-hybridized carbons (Fsp3) is 0.850. The first-order valence-electron chi connectivity index (χ1n) is 10.6. The van der Waals surface area contributed by atoms with Crippen LogP contribution in [0.3, 0.4) is 0 Å². The van der Waals surface area contributed by atoms with E-state index in [1.54, 1.807) is 0 Å². The minimum atomic E-state index is -6.07. The van der Waals surface area contributed by atoms with E-state index in [-0.39, 0.29) is 16.9 Å². The standard InChI is InChI=1S/C20H34F3N3O8S/c1-17(2)7-13(8-18(3,9-17)10-24-15(28)33-6)25-16(29)34-12-19(4,11-32-5)14(27)26-35(30,31)20(21,22)23/h13H,7-12H2,1-6H3,(H,24,28)(H,25,29)(H,26,27)/p-1. The van der Waals surface area contributed by atoms with Gasteiger partial charge in [0.25, 0.3) is 0 Å². The van der Waals surface area contributed by atoms with Crippen molar-refractivity contribution in [2.45, 2.75) is 58.5 Å². The smallest absolute Gasteiger partial charge is 0.518 e. The molecule has 0 aromatic rings. The Labute approximate surface area is 202 Å². The van der Waals surface area contributed by atoms with Crippen LogP contribution in [0.1, 0.15) is 47.0 Å². The molecular formula is C20H33F3N3O8S-. The number of nitrogens with one attached hydrogen (secondary N) is 2. The molecule has 2 amide bonds. The molecule has 0 heterocycles. The van der Waals surface area contributed by atoms with E-state index in [1.165, 1.54) is 7.11 Å². The van der Waals surface area contributed by atoms with E-state index in [4.69, 9.17) is 9.47 Å². The molecule has 204 valence electrons. The number of carbonyl (C=O) groups is 2. The molecule has 2 N–H and O–H groups in total. The molecule has 3 unspecified atom stereocenters. The number of halogens is 3. The van der Waals surface area contributed by atoms with Crippen LogP contribution in [0, 0.1) is 16.2 Å². The first-order chi connectivity index (χ1) is 15.8. The number of nitrogens with zero attached hydrogens (tertiary/aromatic N) is 1. The van der Waals surface area contributed by atoms with Gasteiger partial charge in [0.15, 0.2) is 0 Å². The summed E-state index contributed by atoms with van der Waals surface area (Å²) in [6, 6.07) is -0.379. The van der Waals surface area contributed by atoms with E-state index in [0.29, 0.717) is 19.4 Å². The molecule has 0 aromatic carbocycles. The fourth-order valence-electron chi connectivity index (χ4n) is 4.42. The van der Waals surface area contributed by atoms with Gasteiger partial charge in [-0.3, -0.25) is 0 Å². The molecule has 0 aromatic heterocycles. The summed E-state index contributed by atoms with van der Waals surface area (Å²) >= 11 is 0. The van der Waals surface area contributed by atoms with Crippen LogP contribution in [0.15, 0.2) is 4.40 Å². The van der Waals surface area contributed by atoms with Crippen molar-refractivity contribution in [2.75, 3.05) is 34.0 Å². The second kappa shape index (κ2) is 11.2. The van der Waals surface area contributed by atoms with E-state index < -0.39 is 52.2 Å². The maximum Gasteiger partial charge on any atom is 0.518 e. The first kappa shape index (κ1) is 30.7. The molecule has 35 heavy (non-hydrogen) atoms. The molecule has 1 saturated carbocycles. The number of hydrogen-bond donors (Lipinski definition) is 2. The lowest BCUT2D eigenvalue weighted by Gasteiger charge is -2.46. The Morgan fingerprint density at radius 2 is 1.71 bits per heavy atom. The maximum absolute atomic E-state index is 12.6. The highest BCUT2D eigenvalue weighted by Gasteiger charge is 2.47. The van der Waals surface area contributed by atoms with Gasteiger partial charge in [-0.2, -0.15) is 26.0 Å². The van der Waals surface area contributed by atoms with E-state index in [2.05, 4.69) is 19.8 Å². The normalized spacial score (nSPS) is 24.7. The van der Waals surface area contributed by atoms with Crippen molar-refractivity contribution in [3.05, 3.63) is 0 Å². The van der Waals surface area contributed by atoms with Gasteiger partial charge in [-0.1, -0.05) is 20.8 Å². The summed E-state index contributed by atoms with van der Waals surface area (Å²) in [5, 5.41) is 17.6. The van der Waals surface area contributed by atoms with Crippen LogP contribution >= 0.6 is 0 Å². The van der Waals surface area contributed by atoms with Gasteiger partial charge in [0.2, 0.25) is 0 Å². The van der Waals surface area contributed by atoms with E-state index in [1.807, 2.05) is 20.8 Å². The third-order valence-corrected chi connectivity index (χ3v) is 6.60. The third-order valence-electron chi connectivity index (χ3n) is 5.61. The fourth-order valence-corrected chi connectivity index (χ4v) is 4.96. The van der Waals surface area contributed by atoms with Crippen LogP contribution in [0.4, 0.5) is 22.8 Å². The number of methoxy groups -OCH3 is 2. The second-order valence-corrected chi connectivity index (χ2v) is 11.7. The Hall–Kier alpha value is -2.29. The van der Waals surface area contributed by atoms with Crippen LogP contribution in [-0.2, 0) is 24.2 Å². The molecule has 1 aliphatic carbocycles. The lowest BCUT2D eigenvalue weighted by Crippen LogP contribution is -2.51. The molecular weight excluding hydrogens is 499 g/mol. The Morgan fingerprint density at radius 3 is 2.23 bits per heavy atom. The van der Waals surface area contributed by atoms with Gasteiger partial charge in [0.05, 0.1) is 19.1 Å². The summed E-state index contributed by atoms with van der Waals surface area (Å²) in [7, 11) is -3.69. The number of hydrogen-bond acceptors (Lipinski definition) is 8. The molecule has 0 saturated heterocycles. The molecule has 3 atom stereocenters. The van der Waals surface area contributed by atoms with Crippen LogP contribution in [0.2, 0.25) is 0 Å². The van der Waals surface area contributed by atoms with Crippen LogP contribution in [-0.4, -0.2) is 72.0 Å². The minimum Gasteiger partial charge on any atom is -0.861 e. The quantitative estimate of drug-likeness (QED) is 0.337. The average Bonchev–Trinajstić information content (AvgIpc) is 2.68. The van der Waals surface area contributed by atoms with Crippen molar-refractivity contribution in [1.82, 2.24) is 10.6 Å². The zero-order chi connectivity index (χ0) is 27.3. The van der Waals surface area contributed by atoms with Crippen molar-refractivity contribution < 1.29 is 50.5 Å². The van der Waals surface area contributed by atoms with E-state index in [0.717, 1.165) is 20.5 Å². The topological polar surface area (TPSA) is 155 Å². The Morgan fingerprint density at radius 1 is 1.11 bits per heavy atom. The molecule has 1 fully saturated rings. The molecule has 0 radical (unpaired) electrons. The largest absolute Gasteiger partial charge is 0.861 e. The van der Waals surface area contributed by atoms with Crippen molar-refractivity contribution in [3.8, 4) is 0 Å². The van der Waals surface area contributed by atoms with Crippen LogP contribution < -0.4 is 15.7 Å². The summed E-state index contributed by atoms with van der Waals surface area (Å²) < 4.78 is 77.1. The molecule has 11 nitrogen and oxygen atoms in total. The summed E-state index contributed by atoms with van der Waals surface area (Å²) in [5.41, 5.74) is -8.33. The van der Waals surface area contributed by atoms with Gasteiger partial charge in [-0.15, -0.1) is 0 Å². The summed E-state index contributed by atoms with van der Waals surface area (Å²) in [4.78, 5) is 23.9. The number of carbonyl (C=O) groups excluding carboxylic acids is 2. The van der Waals surface area contributed by atoms with Gasteiger partial charge in [0.1, 0.15) is 6.61 Å². The van der Waals surface area contributed by atoms with Gasteiger partial charge in [-0.05, 0) is 42.9 Å². The number of rotatable bonds is 9. The Balaban J connectivity index is 2.91. The molecule has 0 bridgehead atoms. The Bertz CT molecular complexity index is 910. The Kier molecular flexibility index (Phi) is 9.82. The summed E-state index contributed by atoms with van der Waals surface area (Å²) in [6.07, 6.45) is 0.252. The van der Waals surface area contributed by atoms with Gasteiger partial charge < -0.3 is 30.0 Å². The predicted octanol–water partition coefficient (Wildman–Crippen LogP) is 1.91. The highest BCUT2D eigenvalue weighted by Crippen LogP contribution is 2.45. The van der Waals surface area contributed by atoms with Crippen LogP contribution in [0.25, 0.3) is 0 Å². The lowest BCUT2D eigenvalue weighted by atomic mass is 9.62. The zero-order valence-corrected chi connectivity index (χ0v) is 21.4. The summed E-state index contributed by atoms with van der Waals surface area (Å²) in [5.74, 6) is -1.66. The molecule has 1 rings (SSSR count). The predicted molar refractivity (Wildman–Crippen MR) is 117 cm³/mol. The first-order valence-corrected chi connectivity index (χ1v) is 12.0. The highest BCUT2D eigenvalue weighted by atomic mass is 32.2. The van der Waals surface area contributed by atoms with Crippen LogP contribution in [0.5, 0.6) is 0 Å². The van der Waals surface area contributed by atoms with Gasteiger partial charge >= 0.3 is 27.7 Å². The number of sulfonamides is 1. The molecule has 0 aliphatic heterocycles. The lowest BCUT2D eigenvalue weighted by molar-refractivity contribution is -0.234. The van der Waals surface area contributed by atoms with E-state index >= 15 is 0 Å². The number of ether oxygens (including phenoxy) is 3. The SMILES string of the molecule is COCC(C)(COC(=O)NC1CC(C)(C)CC(C)(CNC(=O)OC)C1)/C([O-])=N/S(=O)(=O)C(F)(F)F. The average molecular weight is 533 g/mol. The van der Waals surface area contributed by atoms with Crippen molar-refractivity contribution in [2.24, 2.45) is 20.6 Å². The molecule has 0 spiro atoms. The number of alkyl carbamates (subject to hydrolysis) is 2. The monoisotopic (exact) mass is 532 g/mol. The van der Waals surface area contributed by atoms with Crippen molar-refractivity contribution in [3.63, 3.8) is 0 Å². The van der Waals surface area contributed by atoms with Gasteiger partial charge in [-0.25, -0.2) is 9.59 Å². The number of amides is 2. The van der Waals surface area contributed by atoms with Crippen molar-refractivity contribution in [1.29, 1.82) is 0 Å². The molecule has 15 heteroatoms. The van der Waals surface area contributed by atoms with Crippen molar-refractivity contribution >= 4 is 28.1 Å². The van der Waals surface area contributed by atoms with Gasteiger partial charge in [0, 0.05) is 19.7 Å². The highest BCUT2D eigenvalue weighted by molar-refractivity contribution is 7.91. The summed E-state index contributed by atoms with van der Waals surface area (Å²) in [6.45, 7) is 5.98. The minimum absolute atomic E-state index is 0.214. The third kappa shape index (κ3) is 9.02. The van der Waals surface area contributed by atoms with E-state index in [9.17, 15) is 36.3 Å². The maximum atomic E-state index is 12.6. The second-order valence-electron chi connectivity index (χ2n) is 10.1. The zero-order valence-electron chi connectivity index (χ0n) is 20.6. The molecule has 1 aliphatic rings. The number of alkyl halides is 3.